The second-order valence-corrected chi connectivity index (χ2v) is 5.91. The van der Waals surface area contributed by atoms with Crippen molar-refractivity contribution in [2.24, 2.45) is 23.3 Å². The minimum atomic E-state index is -0.585. The molecule has 0 radical (unpaired) electrons. The molecule has 6 heteroatoms. The number of benzene rings is 1. The second-order valence-electron chi connectivity index (χ2n) is 5.50. The lowest BCUT2D eigenvalue weighted by molar-refractivity contribution is -0.121. The fourth-order valence-electron chi connectivity index (χ4n) is 2.70. The predicted molar refractivity (Wildman–Crippen MR) is 83.1 cm³/mol. The van der Waals surface area contributed by atoms with Gasteiger partial charge in [-0.1, -0.05) is 11.6 Å². The number of nitrogens with one attached hydrogen (secondary N) is 1. The van der Waals surface area contributed by atoms with Gasteiger partial charge in [0.2, 0.25) is 11.8 Å². The van der Waals surface area contributed by atoms with Crippen LogP contribution in [-0.2, 0) is 4.79 Å². The Hall–Kier alpha value is -1.59. The molecule has 1 aliphatic carbocycles. The Labute approximate surface area is 129 Å². The van der Waals surface area contributed by atoms with Crippen LogP contribution >= 0.6 is 11.6 Å². The Bertz CT molecular complexity index is 540. The lowest BCUT2D eigenvalue weighted by Crippen LogP contribution is -2.29. The first-order valence-electron chi connectivity index (χ1n) is 7.11. The highest BCUT2D eigenvalue weighted by atomic mass is 35.5. The van der Waals surface area contributed by atoms with E-state index in [0.717, 1.165) is 25.7 Å². The number of anilines is 1. The topological polar surface area (TPSA) is 98.2 Å². The van der Waals surface area contributed by atoms with Gasteiger partial charge in [-0.25, -0.2) is 0 Å². The van der Waals surface area contributed by atoms with Gasteiger partial charge in [-0.05, 0) is 56.3 Å². The molecule has 0 bridgehead atoms. The fourth-order valence-corrected chi connectivity index (χ4v) is 2.97. The van der Waals surface area contributed by atoms with Gasteiger partial charge in [-0.2, -0.15) is 0 Å². The number of hydrogen-bond donors (Lipinski definition) is 3. The van der Waals surface area contributed by atoms with E-state index in [1.165, 1.54) is 6.07 Å². The van der Waals surface area contributed by atoms with E-state index in [9.17, 15) is 9.59 Å². The van der Waals surface area contributed by atoms with Gasteiger partial charge in [0.05, 0.1) is 10.6 Å². The quantitative estimate of drug-likeness (QED) is 0.794. The highest BCUT2D eigenvalue weighted by Crippen LogP contribution is 2.29. The van der Waals surface area contributed by atoms with Crippen molar-refractivity contribution in [1.82, 2.24) is 0 Å². The molecule has 0 saturated heterocycles. The molecule has 0 heterocycles. The smallest absolute Gasteiger partial charge is 0.250 e. The molecule has 0 spiro atoms. The third kappa shape index (κ3) is 3.95. The maximum atomic E-state index is 12.2. The van der Waals surface area contributed by atoms with Gasteiger partial charge in [-0.15, -0.1) is 0 Å². The van der Waals surface area contributed by atoms with E-state index in [1.807, 2.05) is 0 Å². The van der Waals surface area contributed by atoms with E-state index in [4.69, 9.17) is 23.1 Å². The molecule has 21 heavy (non-hydrogen) atoms. The Morgan fingerprint density at radius 1 is 1.24 bits per heavy atom. The van der Waals surface area contributed by atoms with Gasteiger partial charge < -0.3 is 16.8 Å². The van der Waals surface area contributed by atoms with E-state index >= 15 is 0 Å². The highest BCUT2D eigenvalue weighted by Gasteiger charge is 2.25. The number of hydrogen-bond acceptors (Lipinski definition) is 3. The number of halogens is 1. The maximum absolute atomic E-state index is 12.2. The van der Waals surface area contributed by atoms with Crippen molar-refractivity contribution in [3.8, 4) is 0 Å². The summed E-state index contributed by atoms with van der Waals surface area (Å²) in [6.45, 7) is 0.693. The normalized spacial score (nSPS) is 21.8. The van der Waals surface area contributed by atoms with Gasteiger partial charge in [0.25, 0.3) is 0 Å². The van der Waals surface area contributed by atoms with Crippen molar-refractivity contribution in [3.05, 3.63) is 28.8 Å². The zero-order valence-corrected chi connectivity index (χ0v) is 12.5. The average molecular weight is 310 g/mol. The standard InChI is InChI=1S/C15H20ClN3O2/c16-13-7-11(5-6-12(13)14(18)20)19-15(21)10-3-1-9(8-17)2-4-10/h5-7,9-10H,1-4,8,17H2,(H2,18,20)(H,19,21). The van der Waals surface area contributed by atoms with Gasteiger partial charge in [0, 0.05) is 11.6 Å². The Kier molecular flexibility index (Phi) is 5.20. The van der Waals surface area contributed by atoms with Crippen LogP contribution in [0.2, 0.25) is 5.02 Å². The molecule has 1 aromatic rings. The molecule has 0 unspecified atom stereocenters. The molecule has 0 atom stereocenters. The summed E-state index contributed by atoms with van der Waals surface area (Å²) in [5, 5.41) is 3.09. The monoisotopic (exact) mass is 309 g/mol. The Morgan fingerprint density at radius 3 is 2.43 bits per heavy atom. The molecular weight excluding hydrogens is 290 g/mol. The van der Waals surface area contributed by atoms with Gasteiger partial charge in [-0.3, -0.25) is 9.59 Å². The lowest BCUT2D eigenvalue weighted by atomic mass is 9.81. The third-order valence-corrected chi connectivity index (χ3v) is 4.37. The van der Waals surface area contributed by atoms with Crippen LogP contribution in [0.1, 0.15) is 36.0 Å². The molecule has 114 valence electrons. The number of amides is 2. The van der Waals surface area contributed by atoms with E-state index in [2.05, 4.69) is 5.32 Å². The zero-order valence-electron chi connectivity index (χ0n) is 11.8. The Morgan fingerprint density at radius 2 is 1.90 bits per heavy atom. The number of carbonyl (C=O) groups is 2. The van der Waals surface area contributed by atoms with Crippen molar-refractivity contribution in [2.75, 3.05) is 11.9 Å². The van der Waals surface area contributed by atoms with E-state index in [0.29, 0.717) is 18.2 Å². The number of rotatable bonds is 4. The molecule has 1 saturated carbocycles. The van der Waals surface area contributed by atoms with Crippen molar-refractivity contribution in [3.63, 3.8) is 0 Å². The molecule has 1 fully saturated rings. The van der Waals surface area contributed by atoms with Crippen molar-refractivity contribution < 1.29 is 9.59 Å². The molecule has 0 aliphatic heterocycles. The van der Waals surface area contributed by atoms with E-state index in [-0.39, 0.29) is 22.4 Å². The first-order chi connectivity index (χ1) is 10.0. The van der Waals surface area contributed by atoms with Crippen LogP contribution in [0.4, 0.5) is 5.69 Å². The average Bonchev–Trinajstić information content (AvgIpc) is 2.47. The summed E-state index contributed by atoms with van der Waals surface area (Å²) in [7, 11) is 0. The van der Waals surface area contributed by atoms with Gasteiger partial charge >= 0.3 is 0 Å². The summed E-state index contributed by atoms with van der Waals surface area (Å²) >= 11 is 5.97. The van der Waals surface area contributed by atoms with Crippen LogP contribution in [0.25, 0.3) is 0 Å². The number of primary amides is 1. The van der Waals surface area contributed by atoms with Crippen molar-refractivity contribution in [1.29, 1.82) is 0 Å². The van der Waals surface area contributed by atoms with Crippen LogP contribution in [-0.4, -0.2) is 18.4 Å². The van der Waals surface area contributed by atoms with Gasteiger partial charge in [0.1, 0.15) is 0 Å². The molecule has 1 aliphatic rings. The number of nitrogens with two attached hydrogens (primary N) is 2. The first-order valence-corrected chi connectivity index (χ1v) is 7.49. The molecular formula is C15H20ClN3O2. The summed E-state index contributed by atoms with van der Waals surface area (Å²) < 4.78 is 0. The van der Waals surface area contributed by atoms with Crippen LogP contribution in [0.3, 0.4) is 0 Å². The summed E-state index contributed by atoms with van der Waals surface area (Å²) in [6.07, 6.45) is 3.72. The van der Waals surface area contributed by atoms with Crippen molar-refractivity contribution >= 4 is 29.1 Å². The SMILES string of the molecule is NCC1CCC(C(=O)Nc2ccc(C(N)=O)c(Cl)c2)CC1. The highest BCUT2D eigenvalue weighted by molar-refractivity contribution is 6.34. The van der Waals surface area contributed by atoms with Crippen LogP contribution in [0, 0.1) is 11.8 Å². The van der Waals surface area contributed by atoms with E-state index in [1.54, 1.807) is 12.1 Å². The van der Waals surface area contributed by atoms with Crippen LogP contribution in [0.5, 0.6) is 0 Å². The third-order valence-electron chi connectivity index (χ3n) is 4.05. The van der Waals surface area contributed by atoms with E-state index < -0.39 is 5.91 Å². The zero-order chi connectivity index (χ0) is 15.4. The summed E-state index contributed by atoms with van der Waals surface area (Å²) in [4.78, 5) is 23.3. The molecule has 5 nitrogen and oxygen atoms in total. The largest absolute Gasteiger partial charge is 0.366 e. The van der Waals surface area contributed by atoms with Crippen LogP contribution in [0.15, 0.2) is 18.2 Å². The summed E-state index contributed by atoms with van der Waals surface area (Å²) in [5.41, 5.74) is 11.7. The summed E-state index contributed by atoms with van der Waals surface area (Å²) in [6, 6.07) is 4.70. The second kappa shape index (κ2) is 6.91. The fraction of sp³-hybridized carbons (Fsp3) is 0.467. The van der Waals surface area contributed by atoms with Gasteiger partial charge in [0.15, 0.2) is 0 Å². The molecule has 2 rings (SSSR count). The van der Waals surface area contributed by atoms with Crippen LogP contribution < -0.4 is 16.8 Å². The molecule has 0 aromatic heterocycles. The first kappa shape index (κ1) is 15.8. The lowest BCUT2D eigenvalue weighted by Gasteiger charge is -2.26. The van der Waals surface area contributed by atoms with Crippen molar-refractivity contribution in [2.45, 2.75) is 25.7 Å². The molecule has 1 aromatic carbocycles. The maximum Gasteiger partial charge on any atom is 0.250 e. The molecule has 5 N–H and O–H groups in total. The molecule has 2 amide bonds. The minimum absolute atomic E-state index is 0.00615. The predicted octanol–water partition coefficient (Wildman–Crippen LogP) is 2.14. The number of carbonyl (C=O) groups excluding carboxylic acids is 2. The summed E-state index contributed by atoms with van der Waals surface area (Å²) in [5.74, 6) is -0.0351. The Balaban J connectivity index is 1.97. The minimum Gasteiger partial charge on any atom is -0.366 e.